The summed E-state index contributed by atoms with van der Waals surface area (Å²) in [7, 11) is 0. The third-order valence-electron chi connectivity index (χ3n) is 3.15. The van der Waals surface area contributed by atoms with Gasteiger partial charge in [-0.1, -0.05) is 6.07 Å². The van der Waals surface area contributed by atoms with Gasteiger partial charge in [-0.05, 0) is 31.2 Å². The van der Waals surface area contributed by atoms with Crippen LogP contribution in [0.1, 0.15) is 32.3 Å². The molecule has 1 aromatic carbocycles. The Bertz CT molecular complexity index is 711. The molecule has 25 heavy (non-hydrogen) atoms. The zero-order valence-corrected chi connectivity index (χ0v) is 15.1. The van der Waals surface area contributed by atoms with E-state index in [0.717, 1.165) is 5.01 Å². The second-order valence-corrected chi connectivity index (χ2v) is 5.98. The summed E-state index contributed by atoms with van der Waals surface area (Å²) in [5.41, 5.74) is 6.10. The van der Waals surface area contributed by atoms with Gasteiger partial charge in [-0.25, -0.2) is 9.37 Å². The number of aromatic nitrogens is 1. The minimum absolute atomic E-state index is 0. The van der Waals surface area contributed by atoms with Gasteiger partial charge in [0.2, 0.25) is 0 Å². The predicted molar refractivity (Wildman–Crippen MR) is 97.8 cm³/mol. The van der Waals surface area contributed by atoms with Crippen LogP contribution in [0.5, 0.6) is 0 Å². The average molecular weight is 387 g/mol. The van der Waals surface area contributed by atoms with Crippen LogP contribution >= 0.6 is 23.7 Å². The second kappa shape index (κ2) is 10.8. The normalized spacial score (nSPS) is 10.0. The minimum atomic E-state index is -0.452. The Labute approximate surface area is 155 Å². The molecular weight excluding hydrogens is 367 g/mol. The van der Waals surface area contributed by atoms with E-state index in [4.69, 9.17) is 5.73 Å². The van der Waals surface area contributed by atoms with E-state index < -0.39 is 5.82 Å². The third kappa shape index (κ3) is 6.77. The molecule has 6 nitrogen and oxygen atoms in total. The molecule has 0 bridgehead atoms. The number of nitrogens with zero attached hydrogens (tertiary/aromatic N) is 1. The highest BCUT2D eigenvalue weighted by Crippen LogP contribution is 2.09. The summed E-state index contributed by atoms with van der Waals surface area (Å²) in [6.07, 6.45) is 1.22. The molecule has 9 heteroatoms. The summed E-state index contributed by atoms with van der Waals surface area (Å²) in [5.74, 6) is -1.04. The lowest BCUT2D eigenvalue weighted by molar-refractivity contribution is 0.0948. The first-order valence-electron chi connectivity index (χ1n) is 7.56. The molecule has 0 aliphatic rings. The zero-order chi connectivity index (χ0) is 17.4. The number of rotatable bonds is 8. The van der Waals surface area contributed by atoms with Gasteiger partial charge in [-0.2, -0.15) is 0 Å². The molecule has 1 heterocycles. The lowest BCUT2D eigenvalue weighted by Crippen LogP contribution is -2.30. The molecule has 1 aromatic heterocycles. The van der Waals surface area contributed by atoms with Gasteiger partial charge >= 0.3 is 0 Å². The van der Waals surface area contributed by atoms with Crippen LogP contribution in [0.15, 0.2) is 29.6 Å². The predicted octanol–water partition coefficient (Wildman–Crippen LogP) is 1.76. The van der Waals surface area contributed by atoms with Crippen molar-refractivity contribution < 1.29 is 14.0 Å². The average Bonchev–Trinajstić information content (AvgIpc) is 3.03. The number of hydrogen-bond donors (Lipinski definition) is 3. The topological polar surface area (TPSA) is 97.1 Å². The maximum atomic E-state index is 13.0. The Hall–Kier alpha value is -2.03. The Morgan fingerprint density at radius 2 is 1.92 bits per heavy atom. The fraction of sp³-hybridized carbons (Fsp3) is 0.312. The fourth-order valence-corrected chi connectivity index (χ4v) is 2.76. The smallest absolute Gasteiger partial charge is 0.270 e. The SMILES string of the molecule is Cl.NCCc1nc(C(=O)NCCCNC(=O)c2cccc(F)c2)cs1. The molecule has 0 spiro atoms. The molecular formula is C16H20ClFN4O2S. The van der Waals surface area contributed by atoms with Crippen LogP contribution < -0.4 is 16.4 Å². The largest absolute Gasteiger partial charge is 0.352 e. The highest BCUT2D eigenvalue weighted by Gasteiger charge is 2.10. The monoisotopic (exact) mass is 386 g/mol. The maximum absolute atomic E-state index is 13.0. The number of hydrogen-bond acceptors (Lipinski definition) is 5. The second-order valence-electron chi connectivity index (χ2n) is 5.04. The summed E-state index contributed by atoms with van der Waals surface area (Å²) in [6, 6.07) is 5.49. The number of halogens is 2. The summed E-state index contributed by atoms with van der Waals surface area (Å²) < 4.78 is 13.0. The maximum Gasteiger partial charge on any atom is 0.270 e. The van der Waals surface area contributed by atoms with E-state index in [0.29, 0.717) is 38.2 Å². The Morgan fingerprint density at radius 3 is 2.60 bits per heavy atom. The van der Waals surface area contributed by atoms with Crippen molar-refractivity contribution in [2.75, 3.05) is 19.6 Å². The number of nitrogens with one attached hydrogen (secondary N) is 2. The van der Waals surface area contributed by atoms with Crippen LogP contribution in [0, 0.1) is 5.82 Å². The van der Waals surface area contributed by atoms with Crippen molar-refractivity contribution in [3.8, 4) is 0 Å². The molecule has 0 aliphatic heterocycles. The quantitative estimate of drug-likeness (QED) is 0.602. The molecule has 0 aliphatic carbocycles. The highest BCUT2D eigenvalue weighted by atomic mass is 35.5. The molecule has 0 fully saturated rings. The van der Waals surface area contributed by atoms with Crippen molar-refractivity contribution in [2.24, 2.45) is 5.73 Å². The van der Waals surface area contributed by atoms with E-state index >= 15 is 0 Å². The highest BCUT2D eigenvalue weighted by molar-refractivity contribution is 7.09. The van der Waals surface area contributed by atoms with Gasteiger partial charge in [0.15, 0.2) is 0 Å². The molecule has 0 saturated heterocycles. The van der Waals surface area contributed by atoms with Gasteiger partial charge in [0, 0.05) is 30.5 Å². The molecule has 0 radical (unpaired) electrons. The lowest BCUT2D eigenvalue weighted by Gasteiger charge is -2.06. The molecule has 2 amide bonds. The third-order valence-corrected chi connectivity index (χ3v) is 4.06. The van der Waals surface area contributed by atoms with E-state index in [1.165, 1.54) is 29.5 Å². The standard InChI is InChI=1S/C16H19FN4O2S.ClH/c17-12-4-1-3-11(9-12)15(22)19-7-2-8-20-16(23)13-10-24-14(21-13)5-6-18;/h1,3-4,9-10H,2,5-8,18H2,(H,19,22)(H,20,23);1H. The molecule has 0 atom stereocenters. The first-order chi connectivity index (χ1) is 11.6. The van der Waals surface area contributed by atoms with Crippen LogP contribution in [-0.2, 0) is 6.42 Å². The van der Waals surface area contributed by atoms with Gasteiger partial charge in [0.05, 0.1) is 5.01 Å². The fourth-order valence-electron chi connectivity index (χ4n) is 1.97. The molecule has 0 unspecified atom stereocenters. The molecule has 2 aromatic rings. The van der Waals surface area contributed by atoms with Gasteiger partial charge in [0.1, 0.15) is 11.5 Å². The van der Waals surface area contributed by atoms with E-state index in [1.807, 2.05) is 0 Å². The number of amides is 2. The van der Waals surface area contributed by atoms with E-state index in [1.54, 1.807) is 11.4 Å². The van der Waals surface area contributed by atoms with Crippen molar-refractivity contribution >= 4 is 35.6 Å². The lowest BCUT2D eigenvalue weighted by atomic mass is 10.2. The van der Waals surface area contributed by atoms with Crippen LogP contribution in [0.3, 0.4) is 0 Å². The Morgan fingerprint density at radius 1 is 1.20 bits per heavy atom. The first-order valence-corrected chi connectivity index (χ1v) is 8.44. The Balaban J connectivity index is 0.00000312. The van der Waals surface area contributed by atoms with Crippen LogP contribution in [-0.4, -0.2) is 36.4 Å². The van der Waals surface area contributed by atoms with Crippen molar-refractivity contribution in [2.45, 2.75) is 12.8 Å². The van der Waals surface area contributed by atoms with Crippen LogP contribution in [0.25, 0.3) is 0 Å². The van der Waals surface area contributed by atoms with Crippen LogP contribution in [0.4, 0.5) is 4.39 Å². The zero-order valence-electron chi connectivity index (χ0n) is 13.5. The van der Waals surface area contributed by atoms with Gasteiger partial charge < -0.3 is 16.4 Å². The number of carbonyl (C=O) groups is 2. The van der Waals surface area contributed by atoms with E-state index in [-0.39, 0.29) is 29.8 Å². The first kappa shape index (κ1) is 21.0. The van der Waals surface area contributed by atoms with E-state index in [2.05, 4.69) is 15.6 Å². The summed E-state index contributed by atoms with van der Waals surface area (Å²) in [4.78, 5) is 27.9. The van der Waals surface area contributed by atoms with Crippen molar-refractivity contribution in [3.05, 3.63) is 51.7 Å². The summed E-state index contributed by atoms with van der Waals surface area (Å²) in [5, 5.41) is 7.95. The molecule has 0 saturated carbocycles. The number of thiazole rings is 1. The van der Waals surface area contributed by atoms with Crippen molar-refractivity contribution in [1.82, 2.24) is 15.6 Å². The van der Waals surface area contributed by atoms with Gasteiger partial charge in [-0.15, -0.1) is 23.7 Å². The number of carbonyl (C=O) groups excluding carboxylic acids is 2. The van der Waals surface area contributed by atoms with Crippen molar-refractivity contribution in [1.29, 1.82) is 0 Å². The van der Waals surface area contributed by atoms with Gasteiger partial charge in [0.25, 0.3) is 11.8 Å². The van der Waals surface area contributed by atoms with E-state index in [9.17, 15) is 14.0 Å². The number of benzene rings is 1. The summed E-state index contributed by atoms with van der Waals surface area (Å²) in [6.45, 7) is 1.29. The number of nitrogens with two attached hydrogens (primary N) is 1. The summed E-state index contributed by atoms with van der Waals surface area (Å²) >= 11 is 1.41. The minimum Gasteiger partial charge on any atom is -0.352 e. The van der Waals surface area contributed by atoms with Crippen molar-refractivity contribution in [3.63, 3.8) is 0 Å². The van der Waals surface area contributed by atoms with Gasteiger partial charge in [-0.3, -0.25) is 9.59 Å². The van der Waals surface area contributed by atoms with Crippen LogP contribution in [0.2, 0.25) is 0 Å². The Kier molecular flexibility index (Phi) is 9.04. The molecule has 136 valence electrons. The molecule has 4 N–H and O–H groups in total. The molecule has 2 rings (SSSR count).